The van der Waals surface area contributed by atoms with Crippen molar-refractivity contribution in [2.24, 2.45) is 5.41 Å². The van der Waals surface area contributed by atoms with E-state index in [1.165, 1.54) is 0 Å². The fourth-order valence-corrected chi connectivity index (χ4v) is 2.99. The van der Waals surface area contributed by atoms with Gasteiger partial charge in [-0.05, 0) is 31.0 Å². The maximum Gasteiger partial charge on any atom is 0.251 e. The fourth-order valence-electron chi connectivity index (χ4n) is 2.99. The van der Waals surface area contributed by atoms with E-state index in [1.54, 1.807) is 30.6 Å². The van der Waals surface area contributed by atoms with Gasteiger partial charge < -0.3 is 10.4 Å². The minimum atomic E-state index is -0.133. The van der Waals surface area contributed by atoms with Crippen molar-refractivity contribution in [3.63, 3.8) is 0 Å². The molecule has 1 saturated carbocycles. The minimum Gasteiger partial charge on any atom is -0.396 e. The van der Waals surface area contributed by atoms with Crippen LogP contribution in [0.1, 0.15) is 36.0 Å². The third-order valence-electron chi connectivity index (χ3n) is 4.36. The number of hydrogen-bond donors (Lipinski definition) is 2. The van der Waals surface area contributed by atoms with E-state index in [4.69, 9.17) is 0 Å². The molecule has 21 heavy (non-hydrogen) atoms. The summed E-state index contributed by atoms with van der Waals surface area (Å²) in [5.74, 6) is -0.123. The monoisotopic (exact) mass is 285 g/mol. The molecule has 2 N–H and O–H groups in total. The van der Waals surface area contributed by atoms with Gasteiger partial charge in [0.05, 0.1) is 17.6 Å². The van der Waals surface area contributed by atoms with Gasteiger partial charge in [-0.2, -0.15) is 0 Å². The van der Waals surface area contributed by atoms with E-state index in [0.29, 0.717) is 17.6 Å². The fraction of sp³-hybridized carbons (Fsp3) is 0.438. The Labute approximate surface area is 123 Å². The van der Waals surface area contributed by atoms with Crippen LogP contribution in [0.15, 0.2) is 30.6 Å². The van der Waals surface area contributed by atoms with Crippen LogP contribution in [0.4, 0.5) is 0 Å². The number of nitrogens with one attached hydrogen (secondary N) is 1. The molecule has 0 bridgehead atoms. The molecule has 5 nitrogen and oxygen atoms in total. The van der Waals surface area contributed by atoms with E-state index >= 15 is 0 Å². The van der Waals surface area contributed by atoms with E-state index in [1.807, 2.05) is 0 Å². The van der Waals surface area contributed by atoms with Crippen LogP contribution in [0.2, 0.25) is 0 Å². The molecule has 0 saturated heterocycles. The molecule has 1 aliphatic rings. The summed E-state index contributed by atoms with van der Waals surface area (Å²) >= 11 is 0. The molecule has 3 rings (SSSR count). The normalized spacial score (nSPS) is 17.0. The minimum absolute atomic E-state index is 0.123. The molecule has 2 aromatic rings. The van der Waals surface area contributed by atoms with Crippen LogP contribution in [0.5, 0.6) is 0 Å². The van der Waals surface area contributed by atoms with Crippen LogP contribution in [0.25, 0.3) is 11.0 Å². The number of aliphatic hydroxyl groups excluding tert-OH is 1. The van der Waals surface area contributed by atoms with Crippen molar-refractivity contribution in [1.29, 1.82) is 0 Å². The van der Waals surface area contributed by atoms with Crippen molar-refractivity contribution in [1.82, 2.24) is 15.3 Å². The van der Waals surface area contributed by atoms with Crippen molar-refractivity contribution < 1.29 is 9.90 Å². The Kier molecular flexibility index (Phi) is 3.84. The topological polar surface area (TPSA) is 75.1 Å². The lowest BCUT2D eigenvalue weighted by atomic mass is 9.87. The molecule has 0 atom stereocenters. The zero-order chi connectivity index (χ0) is 14.7. The lowest BCUT2D eigenvalue weighted by Gasteiger charge is -2.26. The van der Waals surface area contributed by atoms with Crippen molar-refractivity contribution in [3.05, 3.63) is 36.2 Å². The molecule has 1 heterocycles. The van der Waals surface area contributed by atoms with E-state index in [9.17, 15) is 9.90 Å². The van der Waals surface area contributed by atoms with E-state index in [0.717, 1.165) is 31.2 Å². The highest BCUT2D eigenvalue weighted by Gasteiger charge is 2.33. The number of nitrogens with zero attached hydrogens (tertiary/aromatic N) is 2. The zero-order valence-corrected chi connectivity index (χ0v) is 11.9. The third kappa shape index (κ3) is 2.88. The molecule has 5 heteroatoms. The number of aromatic nitrogens is 2. The van der Waals surface area contributed by atoms with Gasteiger partial charge in [0, 0.05) is 29.9 Å². The maximum atomic E-state index is 12.3. The van der Waals surface area contributed by atoms with Gasteiger partial charge in [-0.3, -0.25) is 14.8 Å². The number of amides is 1. The predicted octanol–water partition coefficient (Wildman–Crippen LogP) is 1.91. The molecule has 110 valence electrons. The molecule has 0 spiro atoms. The smallest absolute Gasteiger partial charge is 0.251 e. The Hall–Kier alpha value is -2.01. The Morgan fingerprint density at radius 3 is 2.62 bits per heavy atom. The van der Waals surface area contributed by atoms with Gasteiger partial charge in [0.15, 0.2) is 0 Å². The van der Waals surface area contributed by atoms with E-state index in [-0.39, 0.29) is 17.9 Å². The molecular weight excluding hydrogens is 266 g/mol. The lowest BCUT2D eigenvalue weighted by Crippen LogP contribution is -2.38. The summed E-state index contributed by atoms with van der Waals surface area (Å²) in [4.78, 5) is 20.7. The molecule has 0 radical (unpaired) electrons. The number of rotatable bonds is 4. The average molecular weight is 285 g/mol. The molecule has 0 unspecified atom stereocenters. The van der Waals surface area contributed by atoms with Crippen LogP contribution in [-0.4, -0.2) is 34.1 Å². The SMILES string of the molecule is O=C(NCC1(CO)CCCC1)c1ccc2nccnc2c1. The third-order valence-corrected chi connectivity index (χ3v) is 4.36. The highest BCUT2D eigenvalue weighted by atomic mass is 16.3. The lowest BCUT2D eigenvalue weighted by molar-refractivity contribution is 0.0881. The first-order valence-corrected chi connectivity index (χ1v) is 7.32. The first kappa shape index (κ1) is 13.9. The summed E-state index contributed by atoms with van der Waals surface area (Å²) < 4.78 is 0. The van der Waals surface area contributed by atoms with Gasteiger partial charge in [-0.25, -0.2) is 0 Å². The summed E-state index contributed by atoms with van der Waals surface area (Å²) in [6, 6.07) is 5.30. The standard InChI is InChI=1S/C16H19N3O2/c20-11-16(5-1-2-6-16)10-19-15(21)12-3-4-13-14(9-12)18-8-7-17-13/h3-4,7-9,20H,1-2,5-6,10-11H2,(H,19,21). The molecule has 1 fully saturated rings. The number of aliphatic hydroxyl groups is 1. The van der Waals surface area contributed by atoms with Gasteiger partial charge in [-0.15, -0.1) is 0 Å². The number of carbonyl (C=O) groups is 1. The van der Waals surface area contributed by atoms with Crippen molar-refractivity contribution in [2.45, 2.75) is 25.7 Å². The van der Waals surface area contributed by atoms with Gasteiger partial charge in [0.1, 0.15) is 0 Å². The Morgan fingerprint density at radius 2 is 1.90 bits per heavy atom. The Balaban J connectivity index is 1.71. The van der Waals surface area contributed by atoms with Crippen LogP contribution in [-0.2, 0) is 0 Å². The van der Waals surface area contributed by atoms with E-state index in [2.05, 4.69) is 15.3 Å². The van der Waals surface area contributed by atoms with Gasteiger partial charge in [-0.1, -0.05) is 12.8 Å². The van der Waals surface area contributed by atoms with Crippen LogP contribution >= 0.6 is 0 Å². The molecule has 1 aromatic heterocycles. The number of fused-ring (bicyclic) bond motifs is 1. The van der Waals surface area contributed by atoms with E-state index < -0.39 is 0 Å². The average Bonchev–Trinajstić information content (AvgIpc) is 3.01. The highest BCUT2D eigenvalue weighted by molar-refractivity contribution is 5.97. The van der Waals surface area contributed by atoms with Gasteiger partial charge in [0.25, 0.3) is 5.91 Å². The second-order valence-electron chi connectivity index (χ2n) is 5.81. The second-order valence-corrected chi connectivity index (χ2v) is 5.81. The van der Waals surface area contributed by atoms with Crippen LogP contribution < -0.4 is 5.32 Å². The molecular formula is C16H19N3O2. The molecule has 1 aliphatic carbocycles. The van der Waals surface area contributed by atoms with Crippen LogP contribution in [0, 0.1) is 5.41 Å². The predicted molar refractivity (Wildman–Crippen MR) is 79.9 cm³/mol. The largest absolute Gasteiger partial charge is 0.396 e. The summed E-state index contributed by atoms with van der Waals surface area (Å²) in [6.45, 7) is 0.664. The van der Waals surface area contributed by atoms with Crippen molar-refractivity contribution >= 4 is 16.9 Å². The molecule has 0 aliphatic heterocycles. The Bertz CT molecular complexity index is 651. The second kappa shape index (κ2) is 5.77. The molecule has 1 amide bonds. The van der Waals surface area contributed by atoms with Crippen molar-refractivity contribution in [3.8, 4) is 0 Å². The zero-order valence-electron chi connectivity index (χ0n) is 11.9. The summed E-state index contributed by atoms with van der Waals surface area (Å²) in [5.41, 5.74) is 1.93. The summed E-state index contributed by atoms with van der Waals surface area (Å²) in [5, 5.41) is 12.5. The van der Waals surface area contributed by atoms with Gasteiger partial charge in [0.2, 0.25) is 0 Å². The highest BCUT2D eigenvalue weighted by Crippen LogP contribution is 2.36. The molecule has 1 aromatic carbocycles. The maximum absolute atomic E-state index is 12.3. The number of carbonyl (C=O) groups excluding carboxylic acids is 1. The quantitative estimate of drug-likeness (QED) is 0.900. The van der Waals surface area contributed by atoms with Crippen molar-refractivity contribution in [2.75, 3.05) is 13.2 Å². The number of hydrogen-bond acceptors (Lipinski definition) is 4. The Morgan fingerprint density at radius 1 is 1.19 bits per heavy atom. The summed E-state index contributed by atoms with van der Waals surface area (Å²) in [6.07, 6.45) is 7.46. The summed E-state index contributed by atoms with van der Waals surface area (Å²) in [7, 11) is 0. The first-order chi connectivity index (χ1) is 10.2. The van der Waals surface area contributed by atoms with Gasteiger partial charge >= 0.3 is 0 Å². The number of benzene rings is 1. The first-order valence-electron chi connectivity index (χ1n) is 7.32. The van der Waals surface area contributed by atoms with Crippen LogP contribution in [0.3, 0.4) is 0 Å².